The number of aryl methyl sites for hydroxylation is 1. The van der Waals surface area contributed by atoms with Crippen molar-refractivity contribution in [2.75, 3.05) is 26.4 Å². The monoisotopic (exact) mass is 462 g/mol. The summed E-state index contributed by atoms with van der Waals surface area (Å²) in [6.45, 7) is 4.98. The number of rotatable bonds is 10. The van der Waals surface area contributed by atoms with Crippen LogP contribution in [0.5, 0.6) is 0 Å². The van der Waals surface area contributed by atoms with Crippen molar-refractivity contribution in [2.24, 2.45) is 5.92 Å². The molecule has 1 amide bonds. The average Bonchev–Trinajstić information content (AvgIpc) is 3.28. The number of carboxylic acids is 1. The minimum absolute atomic E-state index is 0.207. The minimum atomic E-state index is -1.06. The SMILES string of the molecule is CCOC(=O)C(CCc1ccccc1)N[C@@H](C)C(=O)N1CC(C2OCCCO2)CC1C(=O)O. The predicted octanol–water partition coefficient (Wildman–Crippen LogP) is 1.59. The molecule has 0 aliphatic carbocycles. The highest BCUT2D eigenvalue weighted by atomic mass is 16.7. The first kappa shape index (κ1) is 25.1. The first-order valence-corrected chi connectivity index (χ1v) is 11.6. The molecule has 4 atom stereocenters. The Labute approximate surface area is 194 Å². The number of nitrogens with one attached hydrogen (secondary N) is 1. The maximum atomic E-state index is 13.2. The summed E-state index contributed by atoms with van der Waals surface area (Å²) in [7, 11) is 0. The van der Waals surface area contributed by atoms with Gasteiger partial charge in [-0.25, -0.2) is 4.79 Å². The molecule has 0 saturated carbocycles. The van der Waals surface area contributed by atoms with E-state index in [4.69, 9.17) is 14.2 Å². The molecule has 2 fully saturated rings. The fraction of sp³-hybridized carbons (Fsp3) is 0.625. The molecule has 2 heterocycles. The number of carbonyl (C=O) groups excluding carboxylic acids is 2. The molecule has 0 aromatic heterocycles. The highest BCUT2D eigenvalue weighted by molar-refractivity contribution is 5.88. The highest BCUT2D eigenvalue weighted by Crippen LogP contribution is 2.30. The number of hydrogen-bond donors (Lipinski definition) is 2. The van der Waals surface area contributed by atoms with Gasteiger partial charge in [0.15, 0.2) is 6.29 Å². The molecule has 0 radical (unpaired) electrons. The van der Waals surface area contributed by atoms with Crippen molar-refractivity contribution in [2.45, 2.75) is 63.9 Å². The van der Waals surface area contributed by atoms with Gasteiger partial charge in [-0.3, -0.25) is 14.9 Å². The van der Waals surface area contributed by atoms with Gasteiger partial charge in [-0.15, -0.1) is 0 Å². The van der Waals surface area contributed by atoms with Crippen LogP contribution in [-0.2, 0) is 35.0 Å². The van der Waals surface area contributed by atoms with E-state index in [1.165, 1.54) is 4.90 Å². The lowest BCUT2D eigenvalue weighted by atomic mass is 10.0. The molecule has 9 heteroatoms. The van der Waals surface area contributed by atoms with E-state index in [9.17, 15) is 19.5 Å². The van der Waals surface area contributed by atoms with Crippen LogP contribution >= 0.6 is 0 Å². The van der Waals surface area contributed by atoms with Gasteiger partial charge in [-0.2, -0.15) is 0 Å². The van der Waals surface area contributed by atoms with Crippen LogP contribution < -0.4 is 5.32 Å². The van der Waals surface area contributed by atoms with E-state index < -0.39 is 36.4 Å². The van der Waals surface area contributed by atoms with Gasteiger partial charge in [0, 0.05) is 12.5 Å². The summed E-state index contributed by atoms with van der Waals surface area (Å²) in [5.74, 6) is -2.05. The van der Waals surface area contributed by atoms with Crippen LogP contribution in [0.4, 0.5) is 0 Å². The third-order valence-electron chi connectivity index (χ3n) is 6.10. The maximum Gasteiger partial charge on any atom is 0.326 e. The van der Waals surface area contributed by atoms with Crippen LogP contribution in [-0.4, -0.2) is 78.6 Å². The molecule has 33 heavy (non-hydrogen) atoms. The predicted molar refractivity (Wildman–Crippen MR) is 119 cm³/mol. The van der Waals surface area contributed by atoms with Gasteiger partial charge in [0.05, 0.1) is 25.9 Å². The van der Waals surface area contributed by atoms with Crippen LogP contribution in [0.3, 0.4) is 0 Å². The second-order valence-electron chi connectivity index (χ2n) is 8.52. The Balaban J connectivity index is 1.65. The molecular weight excluding hydrogens is 428 g/mol. The second kappa shape index (κ2) is 12.1. The van der Waals surface area contributed by atoms with Crippen LogP contribution in [0.2, 0.25) is 0 Å². The van der Waals surface area contributed by atoms with Crippen molar-refractivity contribution in [3.8, 4) is 0 Å². The number of likely N-dealkylation sites (tertiary alicyclic amines) is 1. The van der Waals surface area contributed by atoms with E-state index in [-0.39, 0.29) is 31.4 Å². The van der Waals surface area contributed by atoms with E-state index in [2.05, 4.69) is 5.32 Å². The average molecular weight is 463 g/mol. The van der Waals surface area contributed by atoms with Crippen molar-refractivity contribution in [3.63, 3.8) is 0 Å². The number of esters is 1. The number of amides is 1. The third kappa shape index (κ3) is 6.75. The Bertz CT molecular complexity index is 797. The zero-order chi connectivity index (χ0) is 23.8. The Kier molecular flexibility index (Phi) is 9.22. The number of ether oxygens (including phenoxy) is 3. The summed E-state index contributed by atoms with van der Waals surface area (Å²) < 4.78 is 16.5. The van der Waals surface area contributed by atoms with Gasteiger partial charge < -0.3 is 24.2 Å². The molecule has 0 bridgehead atoms. The van der Waals surface area contributed by atoms with Crippen LogP contribution in [0.15, 0.2) is 30.3 Å². The summed E-state index contributed by atoms with van der Waals surface area (Å²) in [6, 6.07) is 7.36. The fourth-order valence-electron chi connectivity index (χ4n) is 4.41. The van der Waals surface area contributed by atoms with Crippen molar-refractivity contribution in [1.29, 1.82) is 0 Å². The van der Waals surface area contributed by atoms with Gasteiger partial charge in [-0.05, 0) is 45.1 Å². The largest absolute Gasteiger partial charge is 0.480 e. The summed E-state index contributed by atoms with van der Waals surface area (Å²) in [4.78, 5) is 39.0. The lowest BCUT2D eigenvalue weighted by Gasteiger charge is -2.29. The standard InChI is InChI=1S/C24H34N2O7/c1-3-31-23(30)19(11-10-17-8-5-4-6-9-17)25-16(2)21(27)26-15-18(14-20(26)22(28)29)24-32-12-7-13-33-24/h4-6,8-9,16,18-20,24-25H,3,7,10-15H2,1-2H3,(H,28,29)/t16-,18?,19?,20?/m0/s1. The summed E-state index contributed by atoms with van der Waals surface area (Å²) in [5.41, 5.74) is 1.08. The lowest BCUT2D eigenvalue weighted by Crippen LogP contribution is -2.53. The molecular formula is C24H34N2O7. The summed E-state index contributed by atoms with van der Waals surface area (Å²) in [6.07, 6.45) is 1.66. The van der Waals surface area contributed by atoms with Crippen LogP contribution in [0.25, 0.3) is 0 Å². The molecule has 3 unspecified atom stereocenters. The Morgan fingerprint density at radius 3 is 2.55 bits per heavy atom. The van der Waals surface area contributed by atoms with Crippen molar-refractivity contribution >= 4 is 17.8 Å². The summed E-state index contributed by atoms with van der Waals surface area (Å²) in [5, 5.41) is 12.8. The normalized spacial score (nSPS) is 23.2. The molecule has 0 spiro atoms. The number of benzene rings is 1. The lowest BCUT2D eigenvalue weighted by molar-refractivity contribution is -0.202. The van der Waals surface area contributed by atoms with Gasteiger partial charge in [0.1, 0.15) is 12.1 Å². The molecule has 1 aromatic carbocycles. The van der Waals surface area contributed by atoms with E-state index in [1.807, 2.05) is 30.3 Å². The number of aliphatic carboxylic acids is 1. The smallest absolute Gasteiger partial charge is 0.326 e. The quantitative estimate of drug-likeness (QED) is 0.504. The second-order valence-corrected chi connectivity index (χ2v) is 8.52. The molecule has 2 N–H and O–H groups in total. The van der Waals surface area contributed by atoms with Crippen LogP contribution in [0, 0.1) is 5.92 Å². The first-order valence-electron chi connectivity index (χ1n) is 11.6. The molecule has 9 nitrogen and oxygen atoms in total. The molecule has 2 aliphatic rings. The van der Waals surface area contributed by atoms with E-state index in [0.29, 0.717) is 26.1 Å². The molecule has 1 aromatic rings. The zero-order valence-electron chi connectivity index (χ0n) is 19.3. The minimum Gasteiger partial charge on any atom is -0.480 e. The molecule has 2 aliphatic heterocycles. The van der Waals surface area contributed by atoms with Crippen molar-refractivity contribution in [3.05, 3.63) is 35.9 Å². The van der Waals surface area contributed by atoms with Gasteiger partial charge in [0.25, 0.3) is 0 Å². The van der Waals surface area contributed by atoms with Crippen LogP contribution in [0.1, 0.15) is 38.7 Å². The van der Waals surface area contributed by atoms with Gasteiger partial charge >= 0.3 is 11.9 Å². The molecule has 3 rings (SSSR count). The Morgan fingerprint density at radius 1 is 1.21 bits per heavy atom. The van der Waals surface area contributed by atoms with Gasteiger partial charge in [-0.1, -0.05) is 30.3 Å². The number of carboxylic acid groups (broad SMARTS) is 1. The zero-order valence-corrected chi connectivity index (χ0v) is 19.3. The summed E-state index contributed by atoms with van der Waals surface area (Å²) >= 11 is 0. The Morgan fingerprint density at radius 2 is 1.91 bits per heavy atom. The fourth-order valence-corrected chi connectivity index (χ4v) is 4.41. The number of hydrogen-bond acceptors (Lipinski definition) is 7. The van der Waals surface area contributed by atoms with E-state index in [0.717, 1.165) is 12.0 Å². The first-order chi connectivity index (χ1) is 15.9. The Hall–Kier alpha value is -2.49. The van der Waals surface area contributed by atoms with Gasteiger partial charge in [0.2, 0.25) is 5.91 Å². The number of carbonyl (C=O) groups is 3. The maximum absolute atomic E-state index is 13.2. The third-order valence-corrected chi connectivity index (χ3v) is 6.10. The topological polar surface area (TPSA) is 114 Å². The van der Waals surface area contributed by atoms with E-state index >= 15 is 0 Å². The molecule has 2 saturated heterocycles. The van der Waals surface area contributed by atoms with Crippen molar-refractivity contribution in [1.82, 2.24) is 10.2 Å². The molecule has 182 valence electrons. The number of nitrogens with zero attached hydrogens (tertiary/aromatic N) is 1. The highest BCUT2D eigenvalue weighted by Gasteiger charge is 2.45. The van der Waals surface area contributed by atoms with Crippen molar-refractivity contribution < 1.29 is 33.7 Å². The van der Waals surface area contributed by atoms with E-state index in [1.54, 1.807) is 13.8 Å².